The predicted octanol–water partition coefficient (Wildman–Crippen LogP) is 2.51. The SMILES string of the molecule is CCCC(C)C(=O)Nc1nc(Cl)cc(OC)n1. The van der Waals surface area contributed by atoms with Crippen LogP contribution >= 0.6 is 11.6 Å². The number of hydrogen-bond donors (Lipinski definition) is 1. The van der Waals surface area contributed by atoms with Gasteiger partial charge < -0.3 is 4.74 Å². The van der Waals surface area contributed by atoms with Crippen LogP contribution in [0.25, 0.3) is 0 Å². The highest BCUT2D eigenvalue weighted by atomic mass is 35.5. The van der Waals surface area contributed by atoms with Crippen LogP contribution in [0.3, 0.4) is 0 Å². The summed E-state index contributed by atoms with van der Waals surface area (Å²) in [6, 6.07) is 1.48. The molecule has 1 N–H and O–H groups in total. The minimum Gasteiger partial charge on any atom is -0.481 e. The summed E-state index contributed by atoms with van der Waals surface area (Å²) >= 11 is 5.77. The Morgan fingerprint density at radius 2 is 2.29 bits per heavy atom. The second kappa shape index (κ2) is 6.39. The van der Waals surface area contributed by atoms with Crippen molar-refractivity contribution < 1.29 is 9.53 Å². The largest absolute Gasteiger partial charge is 0.481 e. The molecule has 0 spiro atoms. The van der Waals surface area contributed by atoms with Gasteiger partial charge in [0.05, 0.1) is 7.11 Å². The number of nitrogens with zero attached hydrogens (tertiary/aromatic N) is 2. The van der Waals surface area contributed by atoms with Crippen molar-refractivity contribution in [3.8, 4) is 5.88 Å². The molecule has 0 aliphatic heterocycles. The van der Waals surface area contributed by atoms with E-state index in [0.717, 1.165) is 12.8 Å². The first kappa shape index (κ1) is 13.7. The van der Waals surface area contributed by atoms with E-state index in [-0.39, 0.29) is 22.9 Å². The third-order valence-electron chi connectivity index (χ3n) is 2.28. The number of anilines is 1. The average molecular weight is 258 g/mol. The Morgan fingerprint density at radius 3 is 2.88 bits per heavy atom. The summed E-state index contributed by atoms with van der Waals surface area (Å²) in [5, 5.41) is 2.85. The van der Waals surface area contributed by atoms with Gasteiger partial charge in [-0.15, -0.1) is 0 Å². The van der Waals surface area contributed by atoms with Crippen molar-refractivity contribution in [2.75, 3.05) is 12.4 Å². The minimum absolute atomic E-state index is 0.0754. The van der Waals surface area contributed by atoms with Gasteiger partial charge in [0.2, 0.25) is 17.7 Å². The second-order valence-electron chi connectivity index (χ2n) is 3.74. The highest BCUT2D eigenvalue weighted by molar-refractivity contribution is 6.29. The van der Waals surface area contributed by atoms with Gasteiger partial charge >= 0.3 is 0 Å². The van der Waals surface area contributed by atoms with Gasteiger partial charge in [0, 0.05) is 12.0 Å². The molecule has 0 aliphatic rings. The monoisotopic (exact) mass is 257 g/mol. The zero-order valence-electron chi connectivity index (χ0n) is 10.2. The van der Waals surface area contributed by atoms with Gasteiger partial charge in [0.1, 0.15) is 5.15 Å². The number of halogens is 1. The zero-order chi connectivity index (χ0) is 12.8. The van der Waals surface area contributed by atoms with Gasteiger partial charge in [-0.25, -0.2) is 4.98 Å². The zero-order valence-corrected chi connectivity index (χ0v) is 10.9. The lowest BCUT2D eigenvalue weighted by molar-refractivity contribution is -0.119. The molecule has 5 nitrogen and oxygen atoms in total. The van der Waals surface area contributed by atoms with E-state index in [4.69, 9.17) is 16.3 Å². The molecule has 0 aromatic carbocycles. The van der Waals surface area contributed by atoms with Crippen LogP contribution in [-0.2, 0) is 4.79 Å². The van der Waals surface area contributed by atoms with E-state index in [0.29, 0.717) is 5.88 Å². The lowest BCUT2D eigenvalue weighted by Crippen LogP contribution is -2.21. The van der Waals surface area contributed by atoms with Crippen molar-refractivity contribution in [3.05, 3.63) is 11.2 Å². The minimum atomic E-state index is -0.115. The Morgan fingerprint density at radius 1 is 1.59 bits per heavy atom. The highest BCUT2D eigenvalue weighted by Crippen LogP contribution is 2.16. The third-order valence-corrected chi connectivity index (χ3v) is 2.48. The standard InChI is InChI=1S/C11H16ClN3O2/c1-4-5-7(2)10(16)15-11-13-8(12)6-9(14-11)17-3/h6-7H,4-5H2,1-3H3,(H,13,14,15,16). The van der Waals surface area contributed by atoms with Crippen LogP contribution in [0.1, 0.15) is 26.7 Å². The molecule has 0 bridgehead atoms. The summed E-state index contributed by atoms with van der Waals surface area (Å²) < 4.78 is 4.94. The van der Waals surface area contributed by atoms with Gasteiger partial charge in [-0.3, -0.25) is 10.1 Å². The topological polar surface area (TPSA) is 64.1 Å². The van der Waals surface area contributed by atoms with Gasteiger partial charge in [0.25, 0.3) is 0 Å². The van der Waals surface area contributed by atoms with Crippen LogP contribution in [0, 0.1) is 5.92 Å². The molecule has 1 atom stereocenters. The molecule has 1 aromatic rings. The first-order valence-corrected chi connectivity index (χ1v) is 5.84. The molecule has 1 heterocycles. The molecule has 94 valence electrons. The summed E-state index contributed by atoms with van der Waals surface area (Å²) in [6.07, 6.45) is 1.78. The van der Waals surface area contributed by atoms with Crippen molar-refractivity contribution in [3.63, 3.8) is 0 Å². The van der Waals surface area contributed by atoms with E-state index < -0.39 is 0 Å². The van der Waals surface area contributed by atoms with E-state index in [1.807, 2.05) is 13.8 Å². The first-order chi connectivity index (χ1) is 8.06. The fourth-order valence-electron chi connectivity index (χ4n) is 1.35. The van der Waals surface area contributed by atoms with Crippen molar-refractivity contribution in [1.29, 1.82) is 0 Å². The summed E-state index contributed by atoms with van der Waals surface area (Å²) in [6.45, 7) is 3.89. The molecule has 17 heavy (non-hydrogen) atoms. The molecule has 1 rings (SSSR count). The Kier molecular flexibility index (Phi) is 5.15. The molecule has 0 saturated carbocycles. The Hall–Kier alpha value is -1.36. The number of hydrogen-bond acceptors (Lipinski definition) is 4. The van der Waals surface area contributed by atoms with Crippen molar-refractivity contribution in [2.24, 2.45) is 5.92 Å². The number of aromatic nitrogens is 2. The average Bonchev–Trinajstić information content (AvgIpc) is 2.28. The third kappa shape index (κ3) is 4.19. The normalized spacial score (nSPS) is 12.0. The summed E-state index contributed by atoms with van der Waals surface area (Å²) in [4.78, 5) is 19.6. The van der Waals surface area contributed by atoms with E-state index >= 15 is 0 Å². The Labute approximate surface area is 106 Å². The van der Waals surface area contributed by atoms with E-state index in [2.05, 4.69) is 15.3 Å². The lowest BCUT2D eigenvalue weighted by atomic mass is 10.1. The number of methoxy groups -OCH3 is 1. The van der Waals surface area contributed by atoms with Gasteiger partial charge in [0.15, 0.2) is 0 Å². The molecule has 0 radical (unpaired) electrons. The smallest absolute Gasteiger partial charge is 0.234 e. The van der Waals surface area contributed by atoms with Crippen molar-refractivity contribution in [2.45, 2.75) is 26.7 Å². The van der Waals surface area contributed by atoms with Crippen molar-refractivity contribution in [1.82, 2.24) is 9.97 Å². The van der Waals surface area contributed by atoms with Crippen LogP contribution in [0.15, 0.2) is 6.07 Å². The predicted molar refractivity (Wildman–Crippen MR) is 66.3 cm³/mol. The fraction of sp³-hybridized carbons (Fsp3) is 0.545. The maximum absolute atomic E-state index is 11.7. The van der Waals surface area contributed by atoms with Crippen LogP contribution in [0.5, 0.6) is 5.88 Å². The molecule has 1 amide bonds. The van der Waals surface area contributed by atoms with Crippen LogP contribution in [0.4, 0.5) is 5.95 Å². The number of carbonyl (C=O) groups is 1. The molecule has 1 aromatic heterocycles. The van der Waals surface area contributed by atoms with Crippen LogP contribution < -0.4 is 10.1 Å². The fourth-order valence-corrected chi connectivity index (χ4v) is 1.53. The molecule has 0 saturated heterocycles. The lowest BCUT2D eigenvalue weighted by Gasteiger charge is -2.10. The molecule has 0 aliphatic carbocycles. The molecule has 0 fully saturated rings. The maximum Gasteiger partial charge on any atom is 0.234 e. The Balaban J connectivity index is 2.74. The van der Waals surface area contributed by atoms with Crippen molar-refractivity contribution >= 4 is 23.5 Å². The number of carbonyl (C=O) groups excluding carboxylic acids is 1. The van der Waals surface area contributed by atoms with E-state index in [1.165, 1.54) is 13.2 Å². The van der Waals surface area contributed by atoms with Gasteiger partial charge in [-0.2, -0.15) is 4.98 Å². The summed E-state index contributed by atoms with van der Waals surface area (Å²) in [5.41, 5.74) is 0. The first-order valence-electron chi connectivity index (χ1n) is 5.46. The Bertz CT molecular complexity index is 398. The van der Waals surface area contributed by atoms with E-state index in [1.54, 1.807) is 0 Å². The maximum atomic E-state index is 11.7. The molecular weight excluding hydrogens is 242 g/mol. The molecule has 1 unspecified atom stereocenters. The quantitative estimate of drug-likeness (QED) is 0.824. The number of nitrogens with one attached hydrogen (secondary N) is 1. The number of amides is 1. The summed E-state index contributed by atoms with van der Waals surface area (Å²) in [7, 11) is 1.48. The van der Waals surface area contributed by atoms with Crippen LogP contribution in [-0.4, -0.2) is 23.0 Å². The van der Waals surface area contributed by atoms with Gasteiger partial charge in [-0.05, 0) is 6.42 Å². The molecule has 6 heteroatoms. The highest BCUT2D eigenvalue weighted by Gasteiger charge is 2.14. The van der Waals surface area contributed by atoms with E-state index in [9.17, 15) is 4.79 Å². The van der Waals surface area contributed by atoms with Crippen LogP contribution in [0.2, 0.25) is 5.15 Å². The molecular formula is C11H16ClN3O2. The second-order valence-corrected chi connectivity index (χ2v) is 4.12. The summed E-state index contributed by atoms with van der Waals surface area (Å²) in [5.74, 6) is 0.301. The van der Waals surface area contributed by atoms with Gasteiger partial charge in [-0.1, -0.05) is 31.9 Å². The number of ether oxygens (including phenoxy) is 1. The number of rotatable bonds is 5.